The van der Waals surface area contributed by atoms with Gasteiger partial charge in [0, 0.05) is 36.4 Å². The number of benzene rings is 1. The van der Waals surface area contributed by atoms with Crippen LogP contribution in [0, 0.1) is 0 Å². The lowest BCUT2D eigenvalue weighted by Crippen LogP contribution is -2.44. The van der Waals surface area contributed by atoms with E-state index >= 15 is 0 Å². The van der Waals surface area contributed by atoms with Crippen LogP contribution >= 0.6 is 0 Å². The third-order valence-corrected chi connectivity index (χ3v) is 6.41. The highest BCUT2D eigenvalue weighted by atomic mass is 19.1. The molecule has 1 aliphatic carbocycles. The largest absolute Gasteiger partial charge is 0.497 e. The van der Waals surface area contributed by atoms with Gasteiger partial charge >= 0.3 is 0 Å². The third kappa shape index (κ3) is 4.04. The number of carbonyl (C=O) groups is 2. The summed E-state index contributed by atoms with van der Waals surface area (Å²) >= 11 is 0. The van der Waals surface area contributed by atoms with E-state index in [2.05, 4.69) is 5.32 Å². The molecule has 2 heterocycles. The van der Waals surface area contributed by atoms with E-state index < -0.39 is 11.4 Å². The molecular weight excluding hydrogens is 387 g/mol. The molecule has 160 valence electrons. The topological polar surface area (TPSA) is 78.9 Å². The van der Waals surface area contributed by atoms with Crippen LogP contribution in [0.1, 0.15) is 44.1 Å². The van der Waals surface area contributed by atoms with Crippen LogP contribution in [-0.2, 0) is 15.2 Å². The standard InChI is InChI=1S/C23H27FN2O4/c1-30-16-4-2-3-15(13-16)23(29)9-11-26(12-10-23)14-20(27)18-5-7-19-17(22(18)24)6-8-21(28)25-19/h2-4,13,29H,5-12,14H2,1H3,(H,25,28). The normalized spacial score (nSPS) is 21.9. The van der Waals surface area contributed by atoms with Crippen LogP contribution in [0.2, 0.25) is 0 Å². The van der Waals surface area contributed by atoms with Gasteiger partial charge in [0.05, 0.1) is 19.3 Å². The van der Waals surface area contributed by atoms with Crippen molar-refractivity contribution in [1.82, 2.24) is 10.2 Å². The molecule has 1 aromatic carbocycles. The lowest BCUT2D eigenvalue weighted by atomic mass is 9.84. The van der Waals surface area contributed by atoms with E-state index in [0.717, 1.165) is 5.56 Å². The molecule has 2 aliphatic heterocycles. The molecule has 3 aliphatic rings. The molecule has 0 spiro atoms. The van der Waals surface area contributed by atoms with Crippen molar-refractivity contribution in [3.05, 3.63) is 52.5 Å². The Morgan fingerprint density at radius 2 is 2.00 bits per heavy atom. The average Bonchev–Trinajstić information content (AvgIpc) is 2.75. The zero-order chi connectivity index (χ0) is 21.3. The van der Waals surface area contributed by atoms with Gasteiger partial charge in [0.2, 0.25) is 5.91 Å². The minimum atomic E-state index is -0.955. The molecule has 1 saturated heterocycles. The molecule has 0 bridgehead atoms. The summed E-state index contributed by atoms with van der Waals surface area (Å²) in [6.45, 7) is 1.25. The number of carbonyl (C=O) groups excluding carboxylic acids is 2. The van der Waals surface area contributed by atoms with Gasteiger partial charge < -0.3 is 15.2 Å². The molecule has 0 aromatic heterocycles. The van der Waals surface area contributed by atoms with Gasteiger partial charge in [0.1, 0.15) is 11.6 Å². The zero-order valence-electron chi connectivity index (χ0n) is 17.2. The van der Waals surface area contributed by atoms with Crippen molar-refractivity contribution in [2.45, 2.75) is 44.1 Å². The van der Waals surface area contributed by atoms with Crippen LogP contribution in [-0.4, -0.2) is 48.4 Å². The fourth-order valence-corrected chi connectivity index (χ4v) is 4.54. The summed E-state index contributed by atoms with van der Waals surface area (Å²) < 4.78 is 20.2. The molecular formula is C23H27FN2O4. The van der Waals surface area contributed by atoms with Crippen molar-refractivity contribution < 1.29 is 23.8 Å². The second-order valence-electron chi connectivity index (χ2n) is 8.26. The predicted octanol–water partition coefficient (Wildman–Crippen LogP) is 2.73. The van der Waals surface area contributed by atoms with Crippen LogP contribution in [0.25, 0.3) is 0 Å². The van der Waals surface area contributed by atoms with E-state index in [4.69, 9.17) is 4.74 Å². The summed E-state index contributed by atoms with van der Waals surface area (Å²) in [6, 6.07) is 7.43. The Balaban J connectivity index is 1.40. The van der Waals surface area contributed by atoms with E-state index in [9.17, 15) is 19.1 Å². The van der Waals surface area contributed by atoms with E-state index in [1.165, 1.54) is 0 Å². The molecule has 0 saturated carbocycles. The summed E-state index contributed by atoms with van der Waals surface area (Å²) in [4.78, 5) is 26.3. The first-order chi connectivity index (χ1) is 14.4. The fourth-order valence-electron chi connectivity index (χ4n) is 4.54. The number of likely N-dealkylation sites (tertiary alicyclic amines) is 1. The van der Waals surface area contributed by atoms with E-state index in [-0.39, 0.29) is 30.2 Å². The minimum Gasteiger partial charge on any atom is -0.497 e. The summed E-state index contributed by atoms with van der Waals surface area (Å²) in [5.41, 5.74) is 1.20. The zero-order valence-corrected chi connectivity index (χ0v) is 17.2. The number of nitrogens with one attached hydrogen (secondary N) is 1. The van der Waals surface area contributed by atoms with E-state index in [1.807, 2.05) is 29.2 Å². The summed E-state index contributed by atoms with van der Waals surface area (Å²) in [6.07, 6.45) is 2.40. The summed E-state index contributed by atoms with van der Waals surface area (Å²) in [7, 11) is 1.59. The second kappa shape index (κ2) is 8.32. The van der Waals surface area contributed by atoms with E-state index in [0.29, 0.717) is 62.2 Å². The molecule has 1 fully saturated rings. The lowest BCUT2D eigenvalue weighted by molar-refractivity contribution is -0.120. The Hall–Kier alpha value is -2.51. The van der Waals surface area contributed by atoms with Crippen molar-refractivity contribution in [1.29, 1.82) is 0 Å². The maximum Gasteiger partial charge on any atom is 0.224 e. The van der Waals surface area contributed by atoms with Crippen molar-refractivity contribution in [3.63, 3.8) is 0 Å². The number of methoxy groups -OCH3 is 1. The lowest BCUT2D eigenvalue weighted by Gasteiger charge is -2.38. The molecule has 6 nitrogen and oxygen atoms in total. The molecule has 7 heteroatoms. The van der Waals surface area contributed by atoms with Crippen molar-refractivity contribution >= 4 is 11.7 Å². The fraction of sp³-hybridized carbons (Fsp3) is 0.478. The number of aliphatic hydroxyl groups is 1. The first-order valence-corrected chi connectivity index (χ1v) is 10.4. The molecule has 4 rings (SSSR count). The van der Waals surface area contributed by atoms with Crippen molar-refractivity contribution in [2.24, 2.45) is 0 Å². The molecule has 0 radical (unpaired) electrons. The maximum absolute atomic E-state index is 14.9. The minimum absolute atomic E-state index is 0.0897. The molecule has 0 atom stereocenters. The summed E-state index contributed by atoms with van der Waals surface area (Å²) in [5.74, 6) is -0.0482. The second-order valence-corrected chi connectivity index (χ2v) is 8.26. The van der Waals surface area contributed by atoms with Crippen molar-refractivity contribution in [2.75, 3.05) is 26.7 Å². The van der Waals surface area contributed by atoms with Crippen LogP contribution < -0.4 is 10.1 Å². The van der Waals surface area contributed by atoms with Gasteiger partial charge in [-0.3, -0.25) is 14.5 Å². The van der Waals surface area contributed by atoms with Gasteiger partial charge in [-0.05, 0) is 49.8 Å². The molecule has 2 N–H and O–H groups in total. The van der Waals surface area contributed by atoms with Gasteiger partial charge in [0.15, 0.2) is 5.78 Å². The van der Waals surface area contributed by atoms with Crippen LogP contribution in [0.15, 0.2) is 46.9 Å². The first-order valence-electron chi connectivity index (χ1n) is 10.4. The van der Waals surface area contributed by atoms with Gasteiger partial charge in [-0.1, -0.05) is 12.1 Å². The van der Waals surface area contributed by atoms with Gasteiger partial charge in [0.25, 0.3) is 0 Å². The maximum atomic E-state index is 14.9. The molecule has 0 unspecified atom stereocenters. The number of ketones is 1. The Morgan fingerprint density at radius 1 is 1.23 bits per heavy atom. The van der Waals surface area contributed by atoms with Gasteiger partial charge in [-0.15, -0.1) is 0 Å². The number of rotatable bonds is 5. The molecule has 1 aromatic rings. The van der Waals surface area contributed by atoms with Crippen LogP contribution in [0.4, 0.5) is 4.39 Å². The van der Waals surface area contributed by atoms with Gasteiger partial charge in [-0.25, -0.2) is 4.39 Å². The number of piperidine rings is 1. The smallest absolute Gasteiger partial charge is 0.224 e. The highest BCUT2D eigenvalue weighted by Crippen LogP contribution is 2.37. The third-order valence-electron chi connectivity index (χ3n) is 6.41. The first kappa shape index (κ1) is 20.8. The number of hydrogen-bond acceptors (Lipinski definition) is 5. The Bertz CT molecular complexity index is 929. The number of nitrogens with zero attached hydrogens (tertiary/aromatic N) is 1. The van der Waals surface area contributed by atoms with E-state index in [1.54, 1.807) is 7.11 Å². The Kier molecular flexibility index (Phi) is 5.75. The predicted molar refractivity (Wildman–Crippen MR) is 109 cm³/mol. The molecule has 1 amide bonds. The SMILES string of the molecule is COc1cccc(C2(O)CCN(CC(=O)C3=C(F)C4=C(CC3)NC(=O)CC4)CC2)c1. The summed E-state index contributed by atoms with van der Waals surface area (Å²) in [5, 5.41) is 13.8. The number of hydrogen-bond donors (Lipinski definition) is 2. The van der Waals surface area contributed by atoms with Crippen LogP contribution in [0.3, 0.4) is 0 Å². The quantitative estimate of drug-likeness (QED) is 0.775. The van der Waals surface area contributed by atoms with Crippen LogP contribution in [0.5, 0.6) is 5.75 Å². The number of Topliss-reactive ketones (excluding diaryl/α,β-unsaturated/α-hetero) is 1. The molecule has 30 heavy (non-hydrogen) atoms. The average molecular weight is 414 g/mol. The van der Waals surface area contributed by atoms with Gasteiger partial charge in [-0.2, -0.15) is 0 Å². The number of amides is 1. The number of halogens is 1. The number of allylic oxidation sites excluding steroid dienone is 3. The Morgan fingerprint density at radius 3 is 2.73 bits per heavy atom. The highest BCUT2D eigenvalue weighted by molar-refractivity contribution is 5.98. The highest BCUT2D eigenvalue weighted by Gasteiger charge is 2.36. The van der Waals surface area contributed by atoms with Crippen molar-refractivity contribution in [3.8, 4) is 5.75 Å². The monoisotopic (exact) mass is 414 g/mol. The number of ether oxygens (including phenoxy) is 1. The Labute approximate surface area is 175 Å².